The molecule has 1 saturated carbocycles. The molecule has 3 atom stereocenters. The summed E-state index contributed by atoms with van der Waals surface area (Å²) in [6, 6.07) is 2.42. The highest BCUT2D eigenvalue weighted by Crippen LogP contribution is 2.41. The van der Waals surface area contributed by atoms with Gasteiger partial charge in [0.1, 0.15) is 6.23 Å². The molecule has 4 rings (SSSR count). The van der Waals surface area contributed by atoms with Crippen molar-refractivity contribution in [3.63, 3.8) is 0 Å². The third-order valence-electron chi connectivity index (χ3n) is 7.80. The van der Waals surface area contributed by atoms with Gasteiger partial charge in [-0.2, -0.15) is 18.3 Å². The average molecular weight is 544 g/mol. The second-order valence-electron chi connectivity index (χ2n) is 10.1. The quantitative estimate of drug-likeness (QED) is 0.395. The van der Waals surface area contributed by atoms with Crippen molar-refractivity contribution in [2.75, 3.05) is 13.7 Å². The number of amides is 1. The molecule has 1 aliphatic heterocycles. The summed E-state index contributed by atoms with van der Waals surface area (Å²) < 4.78 is 58.5. The Morgan fingerprint density at radius 1 is 1.32 bits per heavy atom. The maximum Gasteiger partial charge on any atom is 0.417 e. The van der Waals surface area contributed by atoms with Crippen LogP contribution in [-0.4, -0.2) is 73.7 Å². The number of carbonyl (C=O) groups is 1. The van der Waals surface area contributed by atoms with Crippen LogP contribution >= 0.6 is 0 Å². The average Bonchev–Trinajstić information content (AvgIpc) is 3.39. The number of likely N-dealkylation sites (tertiary alicyclic amines) is 1. The predicted molar refractivity (Wildman–Crippen MR) is 128 cm³/mol. The monoisotopic (exact) mass is 543 g/mol. The van der Waals surface area contributed by atoms with Gasteiger partial charge in [0, 0.05) is 36.2 Å². The summed E-state index contributed by atoms with van der Waals surface area (Å²) in [4.78, 5) is 18.6. The van der Waals surface area contributed by atoms with E-state index < -0.39 is 42.7 Å². The number of H-pyrrole nitrogens is 1. The van der Waals surface area contributed by atoms with Crippen molar-refractivity contribution in [2.24, 2.45) is 5.92 Å². The second-order valence-corrected chi connectivity index (χ2v) is 10.1. The lowest BCUT2D eigenvalue weighted by molar-refractivity contribution is -0.270. The van der Waals surface area contributed by atoms with Gasteiger partial charge in [0.05, 0.1) is 24.7 Å². The Bertz CT molecular complexity index is 1120. The van der Waals surface area contributed by atoms with Gasteiger partial charge in [-0.1, -0.05) is 6.92 Å². The maximum absolute atomic E-state index is 14.3. The van der Waals surface area contributed by atoms with Crippen LogP contribution in [0.1, 0.15) is 63.8 Å². The minimum atomic E-state index is -4.68. The minimum absolute atomic E-state index is 0.0582. The van der Waals surface area contributed by atoms with Crippen molar-refractivity contribution < 1.29 is 37.3 Å². The summed E-state index contributed by atoms with van der Waals surface area (Å²) >= 11 is 0. The second kappa shape index (κ2) is 11.1. The Labute approximate surface area is 217 Å². The first kappa shape index (κ1) is 28.2. The van der Waals surface area contributed by atoms with E-state index in [1.807, 2.05) is 11.8 Å². The van der Waals surface area contributed by atoms with E-state index in [1.165, 1.54) is 13.2 Å². The first-order valence-electron chi connectivity index (χ1n) is 12.7. The fraction of sp³-hybridized carbons (Fsp3) is 0.640. The number of aliphatic hydroxyl groups is 2. The highest BCUT2D eigenvalue weighted by Gasteiger charge is 2.54. The first-order valence-corrected chi connectivity index (χ1v) is 12.7. The van der Waals surface area contributed by atoms with Crippen LogP contribution in [0.3, 0.4) is 0 Å². The van der Waals surface area contributed by atoms with E-state index in [0.29, 0.717) is 31.5 Å². The number of aliphatic hydroxyl groups excluding tert-OH is 1. The van der Waals surface area contributed by atoms with Crippen LogP contribution in [0, 0.1) is 11.7 Å². The van der Waals surface area contributed by atoms with Gasteiger partial charge in [0.15, 0.2) is 11.4 Å². The highest BCUT2D eigenvalue weighted by atomic mass is 19.4. The lowest BCUT2D eigenvalue weighted by Gasteiger charge is -2.42. The van der Waals surface area contributed by atoms with E-state index in [4.69, 9.17) is 4.74 Å². The number of methoxy groups -OCH3 is 1. The molecule has 1 aliphatic carbocycles. The number of ether oxygens (including phenoxy) is 1. The Kier molecular flexibility index (Phi) is 8.29. The number of hydrogen-bond acceptors (Lipinski definition) is 7. The van der Waals surface area contributed by atoms with E-state index in [9.17, 15) is 32.6 Å². The Balaban J connectivity index is 1.36. The Hall–Kier alpha value is -2.77. The Morgan fingerprint density at radius 2 is 2.03 bits per heavy atom. The number of hydrogen-bond donors (Lipinski definition) is 4. The number of piperidine rings is 1. The van der Waals surface area contributed by atoms with Crippen molar-refractivity contribution in [2.45, 2.75) is 82.0 Å². The summed E-state index contributed by atoms with van der Waals surface area (Å²) in [5, 5.41) is 30.7. The van der Waals surface area contributed by atoms with Gasteiger partial charge in [-0.05, 0) is 51.0 Å². The number of alkyl halides is 3. The zero-order chi connectivity index (χ0) is 27.7. The zero-order valence-corrected chi connectivity index (χ0v) is 21.3. The summed E-state index contributed by atoms with van der Waals surface area (Å²) in [6.45, 7) is 2.35. The molecule has 0 aromatic carbocycles. The molecule has 210 valence electrons. The lowest BCUT2D eigenvalue weighted by atomic mass is 9.81. The maximum atomic E-state index is 14.3. The van der Waals surface area contributed by atoms with Crippen molar-refractivity contribution in [3.8, 4) is 17.1 Å². The molecule has 0 radical (unpaired) electrons. The number of rotatable bonds is 7. The summed E-state index contributed by atoms with van der Waals surface area (Å²) in [5.74, 6) is -0.923. The molecule has 0 bridgehead atoms. The summed E-state index contributed by atoms with van der Waals surface area (Å²) in [7, 11) is 1.42. The van der Waals surface area contributed by atoms with Gasteiger partial charge in [-0.3, -0.25) is 14.8 Å². The zero-order valence-electron chi connectivity index (χ0n) is 21.3. The molecule has 3 heterocycles. The smallest absolute Gasteiger partial charge is 0.417 e. The highest BCUT2D eigenvalue weighted by molar-refractivity contribution is 5.79. The molecule has 4 N–H and O–H groups in total. The number of aromatic amines is 1. The van der Waals surface area contributed by atoms with Crippen molar-refractivity contribution in [1.82, 2.24) is 25.4 Å². The van der Waals surface area contributed by atoms with Gasteiger partial charge in [0.25, 0.3) is 0 Å². The van der Waals surface area contributed by atoms with E-state index in [-0.39, 0.29) is 47.8 Å². The van der Waals surface area contributed by atoms with Crippen LogP contribution in [0.2, 0.25) is 0 Å². The van der Waals surface area contributed by atoms with Crippen LogP contribution in [0.15, 0.2) is 18.3 Å². The van der Waals surface area contributed by atoms with Crippen molar-refractivity contribution in [1.29, 1.82) is 0 Å². The largest absolute Gasteiger partial charge is 0.481 e. The molecule has 1 unspecified atom stereocenters. The fourth-order valence-electron chi connectivity index (χ4n) is 5.39. The summed E-state index contributed by atoms with van der Waals surface area (Å²) in [5.41, 5.74) is -1.86. The van der Waals surface area contributed by atoms with Crippen LogP contribution in [0.25, 0.3) is 11.3 Å². The predicted octanol–water partition coefficient (Wildman–Crippen LogP) is 3.45. The van der Waals surface area contributed by atoms with Gasteiger partial charge in [-0.25, -0.2) is 9.37 Å². The standard InChI is InChI=1S/C25H33F4N5O4/c1-3-16-10-14(22(35)31-15-4-7-24(37,8-5-15)25(27,28)29)6-9-34(16)23(36)20-12-19(32-33-20)17-11-21(38-2)30-13-18(17)26/h11-16,23,36-37H,3-10H2,1-2H3,(H,31,35)(H,32,33)/t14-,15?,16+,23?,24?/m0/s1. The van der Waals surface area contributed by atoms with E-state index in [0.717, 1.165) is 6.20 Å². The van der Waals surface area contributed by atoms with Crippen LogP contribution in [0.4, 0.5) is 17.6 Å². The van der Waals surface area contributed by atoms with Crippen LogP contribution < -0.4 is 10.1 Å². The van der Waals surface area contributed by atoms with Gasteiger partial charge >= 0.3 is 6.18 Å². The SMILES string of the molecule is CC[C@@H]1C[C@@H](C(=O)NC2CCC(O)(C(F)(F)F)CC2)CCN1C(O)c1cc(-c2cc(OC)ncc2F)n[nH]1. The van der Waals surface area contributed by atoms with Gasteiger partial charge in [-0.15, -0.1) is 0 Å². The van der Waals surface area contributed by atoms with Crippen LogP contribution in [-0.2, 0) is 4.79 Å². The Morgan fingerprint density at radius 3 is 2.66 bits per heavy atom. The van der Waals surface area contributed by atoms with Crippen molar-refractivity contribution >= 4 is 5.91 Å². The first-order chi connectivity index (χ1) is 18.0. The molecular formula is C25H33F4N5O4. The fourth-order valence-corrected chi connectivity index (χ4v) is 5.39. The van der Waals surface area contributed by atoms with E-state index in [1.54, 1.807) is 6.07 Å². The third kappa shape index (κ3) is 5.79. The van der Waals surface area contributed by atoms with Crippen molar-refractivity contribution in [3.05, 3.63) is 29.8 Å². The van der Waals surface area contributed by atoms with E-state index in [2.05, 4.69) is 20.5 Å². The van der Waals surface area contributed by atoms with Gasteiger partial charge in [0.2, 0.25) is 11.8 Å². The molecule has 2 fully saturated rings. The molecule has 1 saturated heterocycles. The lowest BCUT2D eigenvalue weighted by Crippen LogP contribution is -2.53. The number of aromatic nitrogens is 3. The molecule has 1 amide bonds. The van der Waals surface area contributed by atoms with Gasteiger partial charge < -0.3 is 20.3 Å². The molecule has 2 aromatic rings. The molecule has 2 aliphatic rings. The number of nitrogens with zero attached hydrogens (tertiary/aromatic N) is 3. The summed E-state index contributed by atoms with van der Waals surface area (Å²) in [6.07, 6.45) is -3.89. The number of pyridine rings is 1. The minimum Gasteiger partial charge on any atom is -0.481 e. The normalized spacial score (nSPS) is 27.6. The third-order valence-corrected chi connectivity index (χ3v) is 7.80. The topological polar surface area (TPSA) is 124 Å². The number of carbonyl (C=O) groups excluding carboxylic acids is 1. The molecule has 2 aromatic heterocycles. The number of nitrogens with one attached hydrogen (secondary N) is 2. The molecule has 38 heavy (non-hydrogen) atoms. The molecule has 9 nitrogen and oxygen atoms in total. The molecule has 0 spiro atoms. The van der Waals surface area contributed by atoms with E-state index >= 15 is 0 Å². The molecule has 13 heteroatoms. The van der Waals surface area contributed by atoms with Crippen LogP contribution in [0.5, 0.6) is 5.88 Å². The number of halogens is 4. The molecular weight excluding hydrogens is 510 g/mol.